The number of ketones is 2. The number of likely N-dealkylation sites (N-methyl/N-ethyl adjacent to an activating group) is 1. The molecule has 4 N–H and O–H groups in total. The molecule has 0 bridgehead atoms. The topological polar surface area (TPSA) is 163 Å². The van der Waals surface area contributed by atoms with Crippen molar-refractivity contribution < 1.29 is 33.5 Å². The van der Waals surface area contributed by atoms with Gasteiger partial charge in [0, 0.05) is 19.2 Å². The average Bonchev–Trinajstić information content (AvgIpc) is 3.72. The largest absolute Gasteiger partial charge is 0.497 e. The first-order valence-corrected chi connectivity index (χ1v) is 16.6. The standard InChI is InChI=1S/C35H53N5O7/c1-19(2)23-17-26(31(43)37-25(15-21-13-14-21)29(42)32(44)36-8)40(18-23)33(45)30(35(5,6)7)39-34(46)38-27(20(3)4)28(41)22-11-10-12-24(16-22)47-9/h10-12,16,19-21,23,25-27,30H,13-15,17-18H2,1-9H3,(H,36,44)(H,37,43)(H2,38,39,46)/t23-,25?,26+,27+,30-/m1/s1. The van der Waals surface area contributed by atoms with Gasteiger partial charge in [-0.2, -0.15) is 0 Å². The summed E-state index contributed by atoms with van der Waals surface area (Å²) >= 11 is 0. The Labute approximate surface area is 278 Å². The van der Waals surface area contributed by atoms with Crippen LogP contribution in [0.2, 0.25) is 0 Å². The molecule has 12 heteroatoms. The predicted molar refractivity (Wildman–Crippen MR) is 178 cm³/mol. The van der Waals surface area contributed by atoms with Crippen molar-refractivity contribution in [1.29, 1.82) is 0 Å². The van der Waals surface area contributed by atoms with E-state index in [9.17, 15) is 28.8 Å². The van der Waals surface area contributed by atoms with Crippen LogP contribution >= 0.6 is 0 Å². The molecule has 2 aliphatic rings. The number of Topliss-reactive ketones (excluding diaryl/α,β-unsaturated/α-hetero) is 2. The molecule has 1 aromatic carbocycles. The van der Waals surface area contributed by atoms with E-state index in [0.29, 0.717) is 30.7 Å². The molecular weight excluding hydrogens is 602 g/mol. The summed E-state index contributed by atoms with van der Waals surface area (Å²) < 4.78 is 5.25. The number of ether oxygens (including phenoxy) is 1. The number of carbonyl (C=O) groups is 6. The van der Waals surface area contributed by atoms with Gasteiger partial charge in [0.1, 0.15) is 17.8 Å². The lowest BCUT2D eigenvalue weighted by Gasteiger charge is -2.36. The van der Waals surface area contributed by atoms with Gasteiger partial charge in [0.15, 0.2) is 5.78 Å². The van der Waals surface area contributed by atoms with Gasteiger partial charge < -0.3 is 30.9 Å². The normalized spacial score (nSPS) is 19.9. The van der Waals surface area contributed by atoms with Gasteiger partial charge in [-0.3, -0.25) is 24.0 Å². The smallest absolute Gasteiger partial charge is 0.316 e. The number of methoxy groups -OCH3 is 1. The quantitative estimate of drug-likeness (QED) is 0.177. The number of amides is 5. The van der Waals surface area contributed by atoms with Crippen molar-refractivity contribution in [1.82, 2.24) is 26.2 Å². The van der Waals surface area contributed by atoms with E-state index < -0.39 is 59.1 Å². The van der Waals surface area contributed by atoms with Gasteiger partial charge in [0.2, 0.25) is 17.6 Å². The summed E-state index contributed by atoms with van der Waals surface area (Å²) in [5.74, 6) is -2.03. The minimum Gasteiger partial charge on any atom is -0.497 e. The lowest BCUT2D eigenvalue weighted by molar-refractivity contribution is -0.143. The number of carbonyl (C=O) groups excluding carboxylic acids is 6. The Hall–Kier alpha value is -3.96. The number of hydrogen-bond donors (Lipinski definition) is 4. The third-order valence-corrected chi connectivity index (χ3v) is 9.19. The van der Waals surface area contributed by atoms with Crippen molar-refractivity contribution >= 4 is 35.3 Å². The van der Waals surface area contributed by atoms with E-state index in [1.807, 2.05) is 48.5 Å². The zero-order valence-electron chi connectivity index (χ0n) is 29.3. The number of nitrogens with zero attached hydrogens (tertiary/aromatic N) is 1. The van der Waals surface area contributed by atoms with Crippen LogP contribution in [0.15, 0.2) is 24.3 Å². The van der Waals surface area contributed by atoms with Crippen LogP contribution in [0.25, 0.3) is 0 Å². The summed E-state index contributed by atoms with van der Waals surface area (Å²) in [6.45, 7) is 13.4. The molecule has 1 aliphatic carbocycles. The maximum atomic E-state index is 14.3. The Morgan fingerprint density at radius 3 is 2.17 bits per heavy atom. The summed E-state index contributed by atoms with van der Waals surface area (Å²) in [7, 11) is 2.88. The number of nitrogens with one attached hydrogen (secondary N) is 4. The fraction of sp³-hybridized carbons (Fsp3) is 0.657. The first kappa shape index (κ1) is 37.5. The Morgan fingerprint density at radius 1 is 0.979 bits per heavy atom. The number of rotatable bonds is 14. The van der Waals surface area contributed by atoms with E-state index in [1.165, 1.54) is 19.1 Å². The van der Waals surface area contributed by atoms with Gasteiger partial charge in [0.25, 0.3) is 5.91 Å². The van der Waals surface area contributed by atoms with Gasteiger partial charge in [-0.25, -0.2) is 4.79 Å². The lowest BCUT2D eigenvalue weighted by atomic mass is 9.85. The van der Waals surface area contributed by atoms with E-state index in [-0.39, 0.29) is 29.5 Å². The Balaban J connectivity index is 1.83. The third-order valence-electron chi connectivity index (χ3n) is 9.19. The third kappa shape index (κ3) is 9.77. The minimum absolute atomic E-state index is 0.00600. The molecule has 1 heterocycles. The minimum atomic E-state index is -1.04. The van der Waals surface area contributed by atoms with E-state index in [0.717, 1.165) is 12.8 Å². The van der Waals surface area contributed by atoms with Crippen molar-refractivity contribution in [3.8, 4) is 5.75 Å². The number of benzene rings is 1. The van der Waals surface area contributed by atoms with E-state index in [1.54, 1.807) is 24.3 Å². The number of urea groups is 1. The van der Waals surface area contributed by atoms with E-state index in [2.05, 4.69) is 21.3 Å². The van der Waals surface area contributed by atoms with Crippen LogP contribution < -0.4 is 26.0 Å². The fourth-order valence-corrected chi connectivity index (χ4v) is 5.93. The molecule has 1 saturated heterocycles. The van der Waals surface area contributed by atoms with Crippen LogP contribution in [0.1, 0.15) is 84.5 Å². The molecule has 0 radical (unpaired) electrons. The van der Waals surface area contributed by atoms with Crippen LogP contribution in [0, 0.1) is 29.1 Å². The molecule has 5 amide bonds. The number of likely N-dealkylation sites (tertiary alicyclic amines) is 1. The van der Waals surface area contributed by atoms with E-state index in [4.69, 9.17) is 4.74 Å². The summed E-state index contributed by atoms with van der Waals surface area (Å²) in [5.41, 5.74) is -0.383. The van der Waals surface area contributed by atoms with E-state index >= 15 is 0 Å². The lowest BCUT2D eigenvalue weighted by Crippen LogP contribution is -2.61. The highest BCUT2D eigenvalue weighted by Crippen LogP contribution is 2.35. The van der Waals surface area contributed by atoms with Gasteiger partial charge in [-0.1, -0.05) is 73.4 Å². The van der Waals surface area contributed by atoms with Crippen molar-refractivity contribution in [2.24, 2.45) is 29.1 Å². The zero-order valence-corrected chi connectivity index (χ0v) is 29.3. The maximum absolute atomic E-state index is 14.3. The van der Waals surface area contributed by atoms with Crippen LogP contribution in [-0.4, -0.2) is 85.1 Å². The molecule has 47 heavy (non-hydrogen) atoms. The highest BCUT2D eigenvalue weighted by molar-refractivity contribution is 6.38. The zero-order chi connectivity index (χ0) is 35.2. The summed E-state index contributed by atoms with van der Waals surface area (Å²) in [4.78, 5) is 81.6. The maximum Gasteiger partial charge on any atom is 0.316 e. The SMILES string of the molecule is CNC(=O)C(=O)C(CC1CC1)NC(=O)[C@@H]1C[C@@H](C(C)C)CN1C(=O)[C@@H](NC(=O)N[C@H](C(=O)c1cccc(OC)c1)C(C)C)C(C)(C)C. The summed E-state index contributed by atoms with van der Waals surface area (Å²) in [5, 5.41) is 10.7. The highest BCUT2D eigenvalue weighted by atomic mass is 16.5. The van der Waals surface area contributed by atoms with Gasteiger partial charge in [-0.15, -0.1) is 0 Å². The first-order valence-electron chi connectivity index (χ1n) is 16.6. The molecule has 1 aromatic rings. The van der Waals surface area contributed by atoms with Gasteiger partial charge >= 0.3 is 6.03 Å². The Bertz CT molecular complexity index is 1330. The second kappa shape index (κ2) is 15.8. The predicted octanol–water partition coefficient (Wildman–Crippen LogP) is 3.09. The highest BCUT2D eigenvalue weighted by Gasteiger charge is 2.46. The van der Waals surface area contributed by atoms with Crippen LogP contribution in [0.5, 0.6) is 5.75 Å². The van der Waals surface area contributed by atoms with Gasteiger partial charge in [-0.05, 0) is 54.1 Å². The average molecular weight is 656 g/mol. The molecule has 1 aliphatic heterocycles. The van der Waals surface area contributed by atoms with Crippen LogP contribution in [-0.2, 0) is 19.2 Å². The second-order valence-corrected chi connectivity index (χ2v) is 14.7. The monoisotopic (exact) mass is 655 g/mol. The second-order valence-electron chi connectivity index (χ2n) is 14.7. The molecule has 5 atom stereocenters. The summed E-state index contributed by atoms with van der Waals surface area (Å²) in [6, 6.07) is 2.21. The van der Waals surface area contributed by atoms with Crippen molar-refractivity contribution in [2.75, 3.05) is 20.7 Å². The summed E-state index contributed by atoms with van der Waals surface area (Å²) in [6.07, 6.45) is 2.61. The van der Waals surface area contributed by atoms with Gasteiger partial charge in [0.05, 0.1) is 19.2 Å². The molecule has 0 aromatic heterocycles. The van der Waals surface area contributed by atoms with Crippen LogP contribution in [0.4, 0.5) is 4.79 Å². The molecule has 1 unspecified atom stereocenters. The Kier molecular flexibility index (Phi) is 12.6. The van der Waals surface area contributed by atoms with Crippen molar-refractivity contribution in [3.05, 3.63) is 29.8 Å². The van der Waals surface area contributed by atoms with Crippen molar-refractivity contribution in [2.45, 2.75) is 98.3 Å². The number of hydrogen-bond acceptors (Lipinski definition) is 7. The molecule has 1 saturated carbocycles. The molecule has 2 fully saturated rings. The molecule has 3 rings (SSSR count). The first-order chi connectivity index (χ1) is 22.0. The molecule has 12 nitrogen and oxygen atoms in total. The molecule has 0 spiro atoms. The van der Waals surface area contributed by atoms with Crippen LogP contribution in [0.3, 0.4) is 0 Å². The molecule has 260 valence electrons. The Morgan fingerprint density at radius 2 is 1.64 bits per heavy atom. The molecular formula is C35H53N5O7. The van der Waals surface area contributed by atoms with Crippen molar-refractivity contribution in [3.63, 3.8) is 0 Å². The fourth-order valence-electron chi connectivity index (χ4n) is 5.93.